The van der Waals surface area contributed by atoms with Gasteiger partial charge in [0.1, 0.15) is 11.4 Å². The molecule has 0 saturated carbocycles. The Balaban J connectivity index is 2.25. The first-order chi connectivity index (χ1) is 10.1. The predicted octanol–water partition coefficient (Wildman–Crippen LogP) is 3.31. The number of phenolic OH excluding ortho intramolecular Hbond substituents is 1. The lowest BCUT2D eigenvalue weighted by molar-refractivity contribution is -0.384. The molecule has 0 bridgehead atoms. The zero-order chi connectivity index (χ0) is 15.2. The van der Waals surface area contributed by atoms with Crippen molar-refractivity contribution in [3.8, 4) is 11.5 Å². The van der Waals surface area contributed by atoms with Gasteiger partial charge in [-0.15, -0.1) is 0 Å². The second kappa shape index (κ2) is 6.60. The lowest BCUT2D eigenvalue weighted by Crippen LogP contribution is -2.05. The molecule has 6 nitrogen and oxygen atoms in total. The van der Waals surface area contributed by atoms with Gasteiger partial charge in [0.05, 0.1) is 11.5 Å². The number of benzene rings is 2. The average Bonchev–Trinajstić information content (AvgIpc) is 2.46. The molecule has 2 aromatic carbocycles. The first kappa shape index (κ1) is 14.6. The van der Waals surface area contributed by atoms with Crippen molar-refractivity contribution in [2.24, 2.45) is 0 Å². The highest BCUT2D eigenvalue weighted by molar-refractivity contribution is 5.68. The van der Waals surface area contributed by atoms with Crippen LogP contribution in [0.1, 0.15) is 12.5 Å². The molecule has 110 valence electrons. The zero-order valence-electron chi connectivity index (χ0n) is 11.6. The summed E-state index contributed by atoms with van der Waals surface area (Å²) in [6.07, 6.45) is 0. The molecule has 0 fully saturated rings. The van der Waals surface area contributed by atoms with E-state index in [0.29, 0.717) is 17.9 Å². The van der Waals surface area contributed by atoms with Crippen molar-refractivity contribution in [1.82, 2.24) is 0 Å². The largest absolute Gasteiger partial charge is 0.508 e. The van der Waals surface area contributed by atoms with Crippen molar-refractivity contribution in [2.75, 3.05) is 11.9 Å². The summed E-state index contributed by atoms with van der Waals surface area (Å²) < 4.78 is 5.28. The molecule has 2 aromatic rings. The van der Waals surface area contributed by atoms with E-state index in [1.807, 2.05) is 0 Å². The maximum atomic E-state index is 11.2. The van der Waals surface area contributed by atoms with Gasteiger partial charge in [-0.1, -0.05) is 24.3 Å². The number of nitrogens with one attached hydrogen (secondary N) is 1. The standard InChI is InChI=1S/C15H16N2O4/c1-2-21-14-9-5-7-12(15(14)17(19)20)16-10-11-6-3-4-8-13(11)18/h3-9,16,18H,2,10H2,1H3. The summed E-state index contributed by atoms with van der Waals surface area (Å²) in [5.74, 6) is 0.374. The number of hydrogen-bond donors (Lipinski definition) is 2. The fourth-order valence-electron chi connectivity index (χ4n) is 1.98. The topological polar surface area (TPSA) is 84.6 Å². The number of nitro groups is 1. The smallest absolute Gasteiger partial charge is 0.333 e. The van der Waals surface area contributed by atoms with E-state index in [4.69, 9.17) is 4.74 Å². The number of hydrogen-bond acceptors (Lipinski definition) is 5. The van der Waals surface area contributed by atoms with Gasteiger partial charge >= 0.3 is 5.69 Å². The predicted molar refractivity (Wildman–Crippen MR) is 79.7 cm³/mol. The number of ether oxygens (including phenoxy) is 1. The highest BCUT2D eigenvalue weighted by Crippen LogP contribution is 2.35. The molecule has 6 heteroatoms. The second-order valence-electron chi connectivity index (χ2n) is 4.32. The van der Waals surface area contributed by atoms with Crippen molar-refractivity contribution in [2.45, 2.75) is 13.5 Å². The van der Waals surface area contributed by atoms with Crippen LogP contribution in [0.25, 0.3) is 0 Å². The zero-order valence-corrected chi connectivity index (χ0v) is 11.6. The van der Waals surface area contributed by atoms with E-state index in [1.54, 1.807) is 49.4 Å². The molecule has 0 unspecified atom stereocenters. The van der Waals surface area contributed by atoms with Crippen LogP contribution in [0.15, 0.2) is 42.5 Å². The van der Waals surface area contributed by atoms with Gasteiger partial charge in [-0.3, -0.25) is 10.1 Å². The number of rotatable bonds is 6. The van der Waals surface area contributed by atoms with Crippen LogP contribution < -0.4 is 10.1 Å². The third-order valence-corrected chi connectivity index (χ3v) is 2.94. The summed E-state index contributed by atoms with van der Waals surface area (Å²) in [6.45, 7) is 2.40. The van der Waals surface area contributed by atoms with Gasteiger partial charge < -0.3 is 15.2 Å². The van der Waals surface area contributed by atoms with Crippen LogP contribution in [0, 0.1) is 10.1 Å². The van der Waals surface area contributed by atoms with Crippen LogP contribution in [0.3, 0.4) is 0 Å². The molecule has 2 N–H and O–H groups in total. The SMILES string of the molecule is CCOc1cccc(NCc2ccccc2O)c1[N+](=O)[O-]. The van der Waals surface area contributed by atoms with Crippen molar-refractivity contribution in [3.05, 3.63) is 58.1 Å². The maximum absolute atomic E-state index is 11.2. The van der Waals surface area contributed by atoms with Crippen LogP contribution in [-0.2, 0) is 6.54 Å². The summed E-state index contributed by atoms with van der Waals surface area (Å²) in [5.41, 5.74) is 0.914. The van der Waals surface area contributed by atoms with Crippen molar-refractivity contribution in [3.63, 3.8) is 0 Å². The first-order valence-electron chi connectivity index (χ1n) is 6.54. The monoisotopic (exact) mass is 288 g/mol. The second-order valence-corrected chi connectivity index (χ2v) is 4.32. The molecule has 0 atom stereocenters. The van der Waals surface area contributed by atoms with Gasteiger partial charge in [0.15, 0.2) is 5.75 Å². The van der Waals surface area contributed by atoms with Gasteiger partial charge in [0.25, 0.3) is 0 Å². The van der Waals surface area contributed by atoms with E-state index in [-0.39, 0.29) is 23.7 Å². The van der Waals surface area contributed by atoms with Crippen molar-refractivity contribution in [1.29, 1.82) is 0 Å². The summed E-state index contributed by atoms with van der Waals surface area (Å²) in [7, 11) is 0. The number of para-hydroxylation sites is 2. The van der Waals surface area contributed by atoms with Crippen molar-refractivity contribution >= 4 is 11.4 Å². The van der Waals surface area contributed by atoms with Gasteiger partial charge in [-0.05, 0) is 25.1 Å². The number of nitrogens with zero attached hydrogens (tertiary/aromatic N) is 1. The minimum Gasteiger partial charge on any atom is -0.508 e. The molecule has 0 spiro atoms. The van der Waals surface area contributed by atoms with E-state index in [0.717, 1.165) is 0 Å². The Labute approximate surface area is 122 Å². The van der Waals surface area contributed by atoms with Gasteiger partial charge in [-0.25, -0.2) is 0 Å². The van der Waals surface area contributed by atoms with Crippen molar-refractivity contribution < 1.29 is 14.8 Å². The molecule has 0 aliphatic carbocycles. The van der Waals surface area contributed by atoms with E-state index in [2.05, 4.69) is 5.32 Å². The fraction of sp³-hybridized carbons (Fsp3) is 0.200. The maximum Gasteiger partial charge on any atom is 0.333 e. The van der Waals surface area contributed by atoms with Gasteiger partial charge in [0, 0.05) is 12.1 Å². The third kappa shape index (κ3) is 3.42. The molecule has 0 amide bonds. The quantitative estimate of drug-likeness (QED) is 0.629. The minimum atomic E-state index is -0.474. The van der Waals surface area contributed by atoms with E-state index < -0.39 is 4.92 Å². The Morgan fingerprint density at radius 3 is 2.67 bits per heavy atom. The van der Waals surface area contributed by atoms with Gasteiger partial charge in [0.2, 0.25) is 0 Å². The number of phenols is 1. The highest BCUT2D eigenvalue weighted by atomic mass is 16.6. The Morgan fingerprint density at radius 1 is 1.24 bits per heavy atom. The Morgan fingerprint density at radius 2 is 2.00 bits per heavy atom. The molecule has 21 heavy (non-hydrogen) atoms. The summed E-state index contributed by atoms with van der Waals surface area (Å²) in [5, 5.41) is 23.9. The minimum absolute atomic E-state index is 0.102. The van der Waals surface area contributed by atoms with E-state index >= 15 is 0 Å². The van der Waals surface area contributed by atoms with Crippen LogP contribution in [0.2, 0.25) is 0 Å². The molecular weight excluding hydrogens is 272 g/mol. The number of aromatic hydroxyl groups is 1. The molecule has 2 rings (SSSR count). The summed E-state index contributed by atoms with van der Waals surface area (Å²) in [6, 6.07) is 11.7. The molecule has 0 radical (unpaired) electrons. The summed E-state index contributed by atoms with van der Waals surface area (Å²) in [4.78, 5) is 10.8. The fourth-order valence-corrected chi connectivity index (χ4v) is 1.98. The van der Waals surface area contributed by atoms with Crippen LogP contribution in [0.5, 0.6) is 11.5 Å². The lowest BCUT2D eigenvalue weighted by Gasteiger charge is -2.11. The van der Waals surface area contributed by atoms with E-state index in [1.165, 1.54) is 0 Å². The molecular formula is C15H16N2O4. The number of nitro benzene ring substituents is 1. The number of anilines is 1. The van der Waals surface area contributed by atoms with Crippen LogP contribution in [-0.4, -0.2) is 16.6 Å². The van der Waals surface area contributed by atoms with Crippen LogP contribution >= 0.6 is 0 Å². The lowest BCUT2D eigenvalue weighted by atomic mass is 10.2. The highest BCUT2D eigenvalue weighted by Gasteiger charge is 2.20. The van der Waals surface area contributed by atoms with Crippen LogP contribution in [0.4, 0.5) is 11.4 Å². The Hall–Kier alpha value is -2.76. The molecule has 0 saturated heterocycles. The average molecular weight is 288 g/mol. The third-order valence-electron chi connectivity index (χ3n) is 2.94. The first-order valence-corrected chi connectivity index (χ1v) is 6.54. The Kier molecular flexibility index (Phi) is 4.61. The molecule has 0 aliphatic heterocycles. The molecule has 0 aliphatic rings. The molecule has 0 heterocycles. The Bertz CT molecular complexity index is 643. The summed E-state index contributed by atoms with van der Waals surface area (Å²) >= 11 is 0. The van der Waals surface area contributed by atoms with Gasteiger partial charge in [-0.2, -0.15) is 0 Å². The van der Waals surface area contributed by atoms with E-state index in [9.17, 15) is 15.2 Å². The normalized spacial score (nSPS) is 10.1. The molecule has 0 aromatic heterocycles.